The highest BCUT2D eigenvalue weighted by molar-refractivity contribution is 6.11. The number of aryl methyl sites for hydroxylation is 1. The first kappa shape index (κ1) is 17.7. The van der Waals surface area contributed by atoms with Gasteiger partial charge in [0, 0.05) is 22.2 Å². The number of Topliss-reactive ketones (excluding diaryl/α,β-unsaturated/α-hetero) is 1. The SMILES string of the molecule is Cc1[nH]c2ccccc2c1C(=O)[C@H](C)OC(=O)c1ccc(-n2cncn2)cc1. The maximum Gasteiger partial charge on any atom is 0.338 e. The second-order valence-electron chi connectivity index (χ2n) is 6.47. The smallest absolute Gasteiger partial charge is 0.338 e. The minimum Gasteiger partial charge on any atom is -0.451 e. The van der Waals surface area contributed by atoms with Gasteiger partial charge in [0.25, 0.3) is 0 Å². The molecule has 0 radical (unpaired) electrons. The fourth-order valence-corrected chi connectivity index (χ4v) is 3.17. The van der Waals surface area contributed by atoms with Crippen molar-refractivity contribution >= 4 is 22.7 Å². The molecule has 0 saturated carbocycles. The van der Waals surface area contributed by atoms with Gasteiger partial charge in [0.1, 0.15) is 12.7 Å². The zero-order valence-electron chi connectivity index (χ0n) is 15.4. The van der Waals surface area contributed by atoms with E-state index >= 15 is 0 Å². The van der Waals surface area contributed by atoms with Crippen molar-refractivity contribution in [1.29, 1.82) is 0 Å². The average molecular weight is 374 g/mol. The van der Waals surface area contributed by atoms with Gasteiger partial charge in [-0.15, -0.1) is 0 Å². The number of benzene rings is 2. The summed E-state index contributed by atoms with van der Waals surface area (Å²) in [6.07, 6.45) is 2.10. The molecule has 7 nitrogen and oxygen atoms in total. The molecule has 4 rings (SSSR count). The summed E-state index contributed by atoms with van der Waals surface area (Å²) >= 11 is 0. The number of aromatic nitrogens is 4. The first-order valence-electron chi connectivity index (χ1n) is 8.82. The highest BCUT2D eigenvalue weighted by Crippen LogP contribution is 2.24. The Kier molecular flexibility index (Phi) is 4.49. The minimum atomic E-state index is -0.902. The second kappa shape index (κ2) is 7.11. The third-order valence-electron chi connectivity index (χ3n) is 4.58. The number of carbonyl (C=O) groups excluding carboxylic acids is 2. The summed E-state index contributed by atoms with van der Waals surface area (Å²) < 4.78 is 7.00. The van der Waals surface area contributed by atoms with Gasteiger partial charge in [-0.05, 0) is 44.2 Å². The molecule has 2 aromatic carbocycles. The second-order valence-corrected chi connectivity index (χ2v) is 6.47. The summed E-state index contributed by atoms with van der Waals surface area (Å²) in [5.74, 6) is -0.786. The maximum absolute atomic E-state index is 12.9. The number of nitrogens with zero attached hydrogens (tertiary/aromatic N) is 3. The summed E-state index contributed by atoms with van der Waals surface area (Å²) in [6, 6.07) is 14.3. The fourth-order valence-electron chi connectivity index (χ4n) is 3.17. The third-order valence-corrected chi connectivity index (χ3v) is 4.58. The third kappa shape index (κ3) is 3.18. The molecule has 1 atom stereocenters. The summed E-state index contributed by atoms with van der Waals surface area (Å²) in [5.41, 5.74) is 3.32. The van der Waals surface area contributed by atoms with Gasteiger partial charge >= 0.3 is 5.97 Å². The maximum atomic E-state index is 12.9. The number of nitrogens with one attached hydrogen (secondary N) is 1. The zero-order chi connectivity index (χ0) is 19.7. The Balaban J connectivity index is 1.51. The van der Waals surface area contributed by atoms with Crippen molar-refractivity contribution in [3.63, 3.8) is 0 Å². The van der Waals surface area contributed by atoms with Crippen molar-refractivity contribution in [3.05, 3.63) is 78.0 Å². The van der Waals surface area contributed by atoms with Crippen LogP contribution in [0.15, 0.2) is 61.2 Å². The molecule has 0 unspecified atom stereocenters. The van der Waals surface area contributed by atoms with Crippen LogP contribution in [0.2, 0.25) is 0 Å². The van der Waals surface area contributed by atoms with Crippen molar-refractivity contribution in [2.24, 2.45) is 0 Å². The molecular weight excluding hydrogens is 356 g/mol. The van der Waals surface area contributed by atoms with Crippen LogP contribution >= 0.6 is 0 Å². The Hall–Kier alpha value is -3.74. The van der Waals surface area contributed by atoms with Crippen LogP contribution in [0, 0.1) is 6.92 Å². The van der Waals surface area contributed by atoms with Crippen molar-refractivity contribution in [2.45, 2.75) is 20.0 Å². The van der Waals surface area contributed by atoms with Crippen LogP contribution in [-0.2, 0) is 4.74 Å². The lowest BCUT2D eigenvalue weighted by Gasteiger charge is -2.13. The Morgan fingerprint density at radius 1 is 1.11 bits per heavy atom. The van der Waals surface area contributed by atoms with Crippen LogP contribution in [0.5, 0.6) is 0 Å². The summed E-state index contributed by atoms with van der Waals surface area (Å²) in [7, 11) is 0. The van der Waals surface area contributed by atoms with Crippen LogP contribution in [-0.4, -0.2) is 37.6 Å². The zero-order valence-corrected chi connectivity index (χ0v) is 15.4. The van der Waals surface area contributed by atoms with E-state index < -0.39 is 12.1 Å². The number of esters is 1. The standard InChI is InChI=1S/C21H18N4O3/c1-13-19(17-5-3-4-6-18(17)24-13)20(26)14(2)28-21(27)15-7-9-16(10-8-15)25-12-22-11-23-25/h3-12,14,24H,1-2H3/t14-/m0/s1. The molecule has 2 aromatic heterocycles. The van der Waals surface area contributed by atoms with Crippen molar-refractivity contribution in [3.8, 4) is 5.69 Å². The normalized spacial score (nSPS) is 12.1. The van der Waals surface area contributed by atoms with Crippen LogP contribution in [0.25, 0.3) is 16.6 Å². The molecule has 0 aliphatic carbocycles. The summed E-state index contributed by atoms with van der Waals surface area (Å²) in [6.45, 7) is 3.43. The van der Waals surface area contributed by atoms with Gasteiger partial charge in [0.2, 0.25) is 5.78 Å². The van der Waals surface area contributed by atoms with Gasteiger partial charge in [-0.2, -0.15) is 5.10 Å². The predicted molar refractivity (Wildman–Crippen MR) is 104 cm³/mol. The highest BCUT2D eigenvalue weighted by atomic mass is 16.5. The molecule has 0 aliphatic rings. The molecule has 7 heteroatoms. The Morgan fingerprint density at radius 2 is 1.86 bits per heavy atom. The van der Waals surface area contributed by atoms with Crippen LogP contribution in [0.4, 0.5) is 0 Å². The van der Waals surface area contributed by atoms with Gasteiger partial charge in [0.15, 0.2) is 6.10 Å². The van der Waals surface area contributed by atoms with Gasteiger partial charge < -0.3 is 9.72 Å². The molecule has 0 amide bonds. The number of fused-ring (bicyclic) bond motifs is 1. The molecule has 1 N–H and O–H groups in total. The molecule has 4 aromatic rings. The van der Waals surface area contributed by atoms with Crippen LogP contribution < -0.4 is 0 Å². The van der Waals surface area contributed by atoms with Gasteiger partial charge in [-0.3, -0.25) is 4.79 Å². The molecule has 0 spiro atoms. The lowest BCUT2D eigenvalue weighted by atomic mass is 10.0. The molecule has 0 aliphatic heterocycles. The Labute approximate surface area is 161 Å². The quantitative estimate of drug-likeness (QED) is 0.427. The molecule has 0 fully saturated rings. The number of para-hydroxylation sites is 1. The highest BCUT2D eigenvalue weighted by Gasteiger charge is 2.24. The number of ether oxygens (including phenoxy) is 1. The average Bonchev–Trinajstić information content (AvgIpc) is 3.34. The number of H-pyrrole nitrogens is 1. The number of carbonyl (C=O) groups is 2. The van der Waals surface area contributed by atoms with E-state index in [-0.39, 0.29) is 5.78 Å². The van der Waals surface area contributed by atoms with Crippen LogP contribution in [0.1, 0.15) is 33.3 Å². The molecule has 0 bridgehead atoms. The number of ketones is 1. The van der Waals surface area contributed by atoms with Crippen molar-refractivity contribution in [2.75, 3.05) is 0 Å². The fraction of sp³-hybridized carbons (Fsp3) is 0.143. The van der Waals surface area contributed by atoms with E-state index in [9.17, 15) is 9.59 Å². The topological polar surface area (TPSA) is 89.9 Å². The van der Waals surface area contributed by atoms with E-state index in [1.807, 2.05) is 31.2 Å². The van der Waals surface area contributed by atoms with Gasteiger partial charge in [-0.25, -0.2) is 14.5 Å². The first-order chi connectivity index (χ1) is 13.5. The monoisotopic (exact) mass is 374 g/mol. The minimum absolute atomic E-state index is 0.234. The number of hydrogen-bond acceptors (Lipinski definition) is 5. The van der Waals surface area contributed by atoms with E-state index in [2.05, 4.69) is 15.1 Å². The lowest BCUT2D eigenvalue weighted by Crippen LogP contribution is -2.25. The molecule has 2 heterocycles. The summed E-state index contributed by atoms with van der Waals surface area (Å²) in [4.78, 5) is 32.4. The largest absolute Gasteiger partial charge is 0.451 e. The molecule has 140 valence electrons. The number of rotatable bonds is 5. The van der Waals surface area contributed by atoms with E-state index in [1.54, 1.807) is 42.2 Å². The first-order valence-corrected chi connectivity index (χ1v) is 8.82. The Bertz CT molecular complexity index is 1140. The number of hydrogen-bond donors (Lipinski definition) is 1. The van der Waals surface area contributed by atoms with Gasteiger partial charge in [0.05, 0.1) is 11.3 Å². The van der Waals surface area contributed by atoms with Crippen molar-refractivity contribution < 1.29 is 14.3 Å². The van der Waals surface area contributed by atoms with Gasteiger partial charge in [-0.1, -0.05) is 18.2 Å². The van der Waals surface area contributed by atoms with Crippen LogP contribution in [0.3, 0.4) is 0 Å². The molecule has 0 saturated heterocycles. The van der Waals surface area contributed by atoms with Crippen molar-refractivity contribution in [1.82, 2.24) is 19.7 Å². The molecule has 28 heavy (non-hydrogen) atoms. The van der Waals surface area contributed by atoms with E-state index in [1.165, 1.54) is 6.33 Å². The molecular formula is C21H18N4O3. The lowest BCUT2D eigenvalue weighted by molar-refractivity contribution is 0.0319. The van der Waals surface area contributed by atoms with E-state index in [4.69, 9.17) is 4.74 Å². The predicted octanol–water partition coefficient (Wildman–Crippen LogP) is 3.49. The van der Waals surface area contributed by atoms with E-state index in [0.717, 1.165) is 22.3 Å². The number of aromatic amines is 1. The Morgan fingerprint density at radius 3 is 2.57 bits per heavy atom. The van der Waals surface area contributed by atoms with E-state index in [0.29, 0.717) is 11.1 Å². The summed E-state index contributed by atoms with van der Waals surface area (Å²) in [5, 5.41) is 4.86.